The molecule has 0 saturated heterocycles. The number of hydrogen-bond donors (Lipinski definition) is 1. The Morgan fingerprint density at radius 1 is 1.22 bits per heavy atom. The Bertz CT molecular complexity index is 920. The molecule has 0 spiro atoms. The summed E-state index contributed by atoms with van der Waals surface area (Å²) < 4.78 is 15.8. The molecule has 2 heterocycles. The van der Waals surface area contributed by atoms with Crippen LogP contribution in [0.2, 0.25) is 0 Å². The van der Waals surface area contributed by atoms with Crippen LogP contribution in [0, 0.1) is 5.82 Å². The number of benzene rings is 1. The third-order valence-corrected chi connectivity index (χ3v) is 4.03. The van der Waals surface area contributed by atoms with E-state index in [4.69, 9.17) is 5.11 Å². The Morgan fingerprint density at radius 2 is 1.96 bits per heavy atom. The molecule has 0 aliphatic rings. The van der Waals surface area contributed by atoms with Crippen molar-refractivity contribution in [3.8, 4) is 0 Å². The maximum Gasteiger partial charge on any atom is 0.313 e. The quantitative estimate of drug-likeness (QED) is 0.707. The number of carboxylic acid groups (broad SMARTS) is 1. The highest BCUT2D eigenvalue weighted by atomic mass is 32.2. The smallest absolute Gasteiger partial charge is 0.313 e. The van der Waals surface area contributed by atoms with Crippen LogP contribution < -0.4 is 5.56 Å². The molecule has 0 atom stereocenters. The summed E-state index contributed by atoms with van der Waals surface area (Å²) in [7, 11) is 0. The van der Waals surface area contributed by atoms with E-state index in [9.17, 15) is 14.0 Å². The van der Waals surface area contributed by atoms with E-state index in [0.29, 0.717) is 5.16 Å². The van der Waals surface area contributed by atoms with E-state index in [1.165, 1.54) is 21.1 Å². The van der Waals surface area contributed by atoms with Crippen molar-refractivity contribution >= 4 is 23.4 Å². The number of rotatable bonds is 5. The lowest BCUT2D eigenvalue weighted by Gasteiger charge is -2.06. The van der Waals surface area contributed by atoms with Gasteiger partial charge in [-0.25, -0.2) is 4.39 Å². The largest absolute Gasteiger partial charge is 0.481 e. The van der Waals surface area contributed by atoms with Crippen molar-refractivity contribution in [1.82, 2.24) is 19.2 Å². The Hall–Kier alpha value is -2.68. The van der Waals surface area contributed by atoms with Crippen molar-refractivity contribution in [2.24, 2.45) is 0 Å². The molecule has 0 aliphatic carbocycles. The average Bonchev–Trinajstić information content (AvgIpc) is 2.94. The second-order valence-corrected chi connectivity index (χ2v) is 5.66. The van der Waals surface area contributed by atoms with E-state index in [-0.39, 0.29) is 29.3 Å². The molecule has 118 valence electrons. The summed E-state index contributed by atoms with van der Waals surface area (Å²) in [6, 6.07) is 5.86. The standard InChI is InChI=1S/C14H11FN4O3S/c15-10-3-1-9(2-4-10)7-18-5-6-19-12(13(18)22)16-17-14(19)23-8-11(20)21/h1-6H,7-8H2,(H,20,21). The van der Waals surface area contributed by atoms with Gasteiger partial charge in [-0.2, -0.15) is 0 Å². The highest BCUT2D eigenvalue weighted by molar-refractivity contribution is 7.99. The molecule has 0 unspecified atom stereocenters. The van der Waals surface area contributed by atoms with Gasteiger partial charge in [-0.15, -0.1) is 10.2 Å². The van der Waals surface area contributed by atoms with E-state index >= 15 is 0 Å². The molecule has 3 aromatic rings. The average molecular weight is 334 g/mol. The Labute approximate surface area is 133 Å². The van der Waals surface area contributed by atoms with Gasteiger partial charge < -0.3 is 9.67 Å². The van der Waals surface area contributed by atoms with Crippen LogP contribution in [0.5, 0.6) is 0 Å². The fourth-order valence-corrected chi connectivity index (χ4v) is 2.67. The summed E-state index contributed by atoms with van der Waals surface area (Å²) in [5, 5.41) is 16.7. The van der Waals surface area contributed by atoms with Crippen molar-refractivity contribution in [2.75, 3.05) is 5.75 Å². The van der Waals surface area contributed by atoms with Crippen LogP contribution in [-0.2, 0) is 11.3 Å². The molecule has 1 N–H and O–H groups in total. The van der Waals surface area contributed by atoms with Gasteiger partial charge >= 0.3 is 5.97 Å². The number of thioether (sulfide) groups is 1. The number of aliphatic carboxylic acids is 1. The van der Waals surface area contributed by atoms with Gasteiger partial charge in [-0.05, 0) is 17.7 Å². The summed E-state index contributed by atoms with van der Waals surface area (Å²) in [5.74, 6) is -1.48. The molecule has 1 aromatic carbocycles. The van der Waals surface area contributed by atoms with Gasteiger partial charge in [0.05, 0.1) is 12.3 Å². The maximum absolute atomic E-state index is 12.9. The Balaban J connectivity index is 1.91. The first kappa shape index (κ1) is 15.2. The molecule has 2 aromatic heterocycles. The van der Waals surface area contributed by atoms with Gasteiger partial charge in [-0.1, -0.05) is 23.9 Å². The summed E-state index contributed by atoms with van der Waals surface area (Å²) >= 11 is 0.985. The number of hydrogen-bond acceptors (Lipinski definition) is 5. The van der Waals surface area contributed by atoms with E-state index in [1.807, 2.05) is 0 Å². The molecule has 9 heteroatoms. The van der Waals surface area contributed by atoms with Gasteiger partial charge in [0.25, 0.3) is 5.56 Å². The van der Waals surface area contributed by atoms with E-state index in [1.54, 1.807) is 24.5 Å². The Morgan fingerprint density at radius 3 is 2.65 bits per heavy atom. The molecular formula is C14H11FN4O3S. The third-order valence-electron chi connectivity index (χ3n) is 3.10. The lowest BCUT2D eigenvalue weighted by Crippen LogP contribution is -2.22. The van der Waals surface area contributed by atoms with Gasteiger partial charge in [0.1, 0.15) is 5.82 Å². The summed E-state index contributed by atoms with van der Waals surface area (Å²) in [6.45, 7) is 0.278. The Kier molecular flexibility index (Phi) is 4.11. The van der Waals surface area contributed by atoms with Crippen LogP contribution in [0.15, 0.2) is 46.6 Å². The zero-order chi connectivity index (χ0) is 16.4. The van der Waals surface area contributed by atoms with Crippen molar-refractivity contribution in [1.29, 1.82) is 0 Å². The minimum Gasteiger partial charge on any atom is -0.481 e. The predicted molar refractivity (Wildman–Crippen MR) is 81.1 cm³/mol. The number of carbonyl (C=O) groups is 1. The number of carboxylic acids is 1. The molecule has 0 aliphatic heterocycles. The van der Waals surface area contributed by atoms with Gasteiger partial charge in [0.15, 0.2) is 5.16 Å². The molecule has 0 saturated carbocycles. The second-order valence-electron chi connectivity index (χ2n) is 4.72. The van der Waals surface area contributed by atoms with Gasteiger partial charge in [0, 0.05) is 12.4 Å². The molecular weight excluding hydrogens is 323 g/mol. The van der Waals surface area contributed by atoms with Crippen LogP contribution in [0.25, 0.3) is 5.65 Å². The highest BCUT2D eigenvalue weighted by Crippen LogP contribution is 2.15. The van der Waals surface area contributed by atoms with E-state index in [2.05, 4.69) is 10.2 Å². The zero-order valence-corrected chi connectivity index (χ0v) is 12.5. The molecule has 0 bridgehead atoms. The zero-order valence-electron chi connectivity index (χ0n) is 11.7. The summed E-state index contributed by atoms with van der Waals surface area (Å²) in [5.41, 5.74) is 0.534. The van der Waals surface area contributed by atoms with Crippen LogP contribution in [0.1, 0.15) is 5.56 Å². The second kappa shape index (κ2) is 6.21. The number of aromatic nitrogens is 4. The fraction of sp³-hybridized carbons (Fsp3) is 0.143. The monoisotopic (exact) mass is 334 g/mol. The molecule has 23 heavy (non-hydrogen) atoms. The predicted octanol–water partition coefficient (Wildman–Crippen LogP) is 1.26. The SMILES string of the molecule is O=C(O)CSc1nnc2c(=O)n(Cc3ccc(F)cc3)ccn12. The first-order valence-electron chi connectivity index (χ1n) is 6.58. The topological polar surface area (TPSA) is 89.5 Å². The summed E-state index contributed by atoms with van der Waals surface area (Å²) in [6.07, 6.45) is 3.16. The van der Waals surface area contributed by atoms with Gasteiger partial charge in [-0.3, -0.25) is 14.0 Å². The fourth-order valence-electron chi connectivity index (χ4n) is 2.04. The maximum atomic E-state index is 12.9. The van der Waals surface area contributed by atoms with Crippen molar-refractivity contribution in [2.45, 2.75) is 11.7 Å². The normalized spacial score (nSPS) is 11.0. The lowest BCUT2D eigenvalue weighted by atomic mass is 10.2. The van der Waals surface area contributed by atoms with Crippen molar-refractivity contribution in [3.05, 3.63) is 58.4 Å². The van der Waals surface area contributed by atoms with Crippen LogP contribution in [0.3, 0.4) is 0 Å². The first-order valence-corrected chi connectivity index (χ1v) is 7.56. The molecule has 0 fully saturated rings. The van der Waals surface area contributed by atoms with E-state index < -0.39 is 5.97 Å². The molecule has 0 radical (unpaired) electrons. The van der Waals surface area contributed by atoms with Crippen LogP contribution >= 0.6 is 11.8 Å². The molecule has 3 rings (SSSR count). The summed E-state index contributed by atoms with van der Waals surface area (Å²) in [4.78, 5) is 23.0. The highest BCUT2D eigenvalue weighted by Gasteiger charge is 2.12. The van der Waals surface area contributed by atoms with Crippen LogP contribution in [0.4, 0.5) is 4.39 Å². The molecule has 7 nitrogen and oxygen atoms in total. The minimum absolute atomic E-state index is 0.113. The number of nitrogens with zero attached hydrogens (tertiary/aromatic N) is 4. The van der Waals surface area contributed by atoms with Crippen LogP contribution in [-0.4, -0.2) is 36.0 Å². The lowest BCUT2D eigenvalue weighted by molar-refractivity contribution is -0.133. The first-order chi connectivity index (χ1) is 11.0. The number of halogens is 1. The minimum atomic E-state index is -0.976. The van der Waals surface area contributed by atoms with Crippen molar-refractivity contribution in [3.63, 3.8) is 0 Å². The number of fused-ring (bicyclic) bond motifs is 1. The van der Waals surface area contributed by atoms with Gasteiger partial charge in [0.2, 0.25) is 5.65 Å². The molecule has 0 amide bonds. The third kappa shape index (κ3) is 3.24. The van der Waals surface area contributed by atoms with E-state index in [0.717, 1.165) is 17.3 Å². The van der Waals surface area contributed by atoms with Crippen molar-refractivity contribution < 1.29 is 14.3 Å².